The maximum atomic E-state index is 14.8. The molecule has 0 aromatic heterocycles. The molecule has 2 saturated heterocycles. The van der Waals surface area contributed by atoms with E-state index in [0.29, 0.717) is 70.2 Å². The van der Waals surface area contributed by atoms with E-state index >= 15 is 0 Å². The number of aryl methyl sites for hydroxylation is 1. The number of nitrogens with zero attached hydrogens (tertiary/aromatic N) is 2. The molecule has 0 saturated carbocycles. The predicted molar refractivity (Wildman–Crippen MR) is 203 cm³/mol. The van der Waals surface area contributed by atoms with Crippen LogP contribution in [0.5, 0.6) is 40.2 Å². The number of carbonyl (C=O) groups excluding carboxylic acids is 3. The van der Waals surface area contributed by atoms with Crippen LogP contribution in [0.15, 0.2) is 18.2 Å². The molecule has 0 aliphatic carbocycles. The summed E-state index contributed by atoms with van der Waals surface area (Å²) in [5.74, 6) is 0.618. The summed E-state index contributed by atoms with van der Waals surface area (Å²) < 4.78 is 41.7. The summed E-state index contributed by atoms with van der Waals surface area (Å²) in [6, 6.07) is 5.09. The topological polar surface area (TPSA) is 187 Å². The van der Waals surface area contributed by atoms with Crippen LogP contribution < -0.4 is 39.1 Å². The van der Waals surface area contributed by atoms with Crippen LogP contribution in [0.4, 0.5) is 0 Å². The molecule has 7 aliphatic heterocycles. The summed E-state index contributed by atoms with van der Waals surface area (Å²) in [6.45, 7) is 6.49. The standard InChI is InChI=1S/C41H42N4O11S/c1-17-9-22-10-24-25(13-42)45-26-14-52-40(49)41(23-12-27(50-5)28(55-19(3)46)11-21(23)7-8-43-41)15-57-39(33(45)32(44-24)29(22)34(48)35(17)51-6)31-30(26)38-37(53-16-54-38)18(2)36(31)56-20(4)47/h9,11-12,24-26,32-33,39,43-44,48H,7-8,10,14-16H2,1-6H3/t24-,25+,26+,32-,33?,39-,41-/m1/s1. The molecule has 7 atom stereocenters. The van der Waals surface area contributed by atoms with E-state index in [1.807, 2.05) is 19.9 Å². The number of phenolic OH excluding ortho intramolecular Hbond substituents is 1. The molecule has 0 radical (unpaired) electrons. The highest BCUT2D eigenvalue weighted by atomic mass is 32.2. The van der Waals surface area contributed by atoms with Gasteiger partial charge < -0.3 is 43.6 Å². The highest BCUT2D eigenvalue weighted by Crippen LogP contribution is 2.63. The molecular weight excluding hydrogens is 757 g/mol. The number of fused-ring (bicyclic) bond motifs is 9. The van der Waals surface area contributed by atoms with E-state index in [9.17, 15) is 24.8 Å². The monoisotopic (exact) mass is 798 g/mol. The highest BCUT2D eigenvalue weighted by Gasteiger charge is 2.60. The second-order valence-electron chi connectivity index (χ2n) is 15.2. The summed E-state index contributed by atoms with van der Waals surface area (Å²) in [6.07, 6.45) is 0.987. The van der Waals surface area contributed by atoms with Crippen LogP contribution in [0, 0.1) is 25.2 Å². The lowest BCUT2D eigenvalue weighted by Gasteiger charge is -2.59. The number of ether oxygens (including phenoxy) is 7. The van der Waals surface area contributed by atoms with Gasteiger partial charge in [-0.25, -0.2) is 4.79 Å². The first-order chi connectivity index (χ1) is 27.4. The molecule has 298 valence electrons. The van der Waals surface area contributed by atoms with E-state index in [0.717, 1.165) is 16.7 Å². The number of carbonyl (C=O) groups is 3. The van der Waals surface area contributed by atoms with Gasteiger partial charge in [-0.2, -0.15) is 5.26 Å². The third-order valence-electron chi connectivity index (χ3n) is 12.2. The van der Waals surface area contributed by atoms with Crippen molar-refractivity contribution >= 4 is 29.7 Å². The van der Waals surface area contributed by atoms with Crippen molar-refractivity contribution in [3.63, 3.8) is 0 Å². The quantitative estimate of drug-likeness (QED) is 0.255. The van der Waals surface area contributed by atoms with E-state index in [2.05, 4.69) is 21.6 Å². The van der Waals surface area contributed by atoms with Crippen molar-refractivity contribution in [1.82, 2.24) is 15.5 Å². The Balaban J connectivity index is 1.30. The van der Waals surface area contributed by atoms with E-state index in [1.165, 1.54) is 39.8 Å². The first-order valence-electron chi connectivity index (χ1n) is 18.8. The fraction of sp³-hybridized carbons (Fsp3) is 0.463. The average molecular weight is 799 g/mol. The Kier molecular flexibility index (Phi) is 9.00. The maximum Gasteiger partial charge on any atom is 0.331 e. The van der Waals surface area contributed by atoms with Crippen molar-refractivity contribution < 1.29 is 52.6 Å². The Labute approximate surface area is 332 Å². The highest BCUT2D eigenvalue weighted by molar-refractivity contribution is 7.99. The largest absolute Gasteiger partial charge is 0.504 e. The number of rotatable bonds is 4. The Morgan fingerprint density at radius 3 is 2.47 bits per heavy atom. The lowest BCUT2D eigenvalue weighted by Crippen LogP contribution is -2.69. The summed E-state index contributed by atoms with van der Waals surface area (Å²) in [4.78, 5) is 41.9. The van der Waals surface area contributed by atoms with Crippen molar-refractivity contribution in [3.8, 4) is 46.3 Å². The molecule has 10 rings (SSSR count). The number of piperazine rings is 1. The lowest BCUT2D eigenvalue weighted by molar-refractivity contribution is -0.155. The molecule has 3 N–H and O–H groups in total. The molecule has 1 unspecified atom stereocenters. The van der Waals surface area contributed by atoms with Gasteiger partial charge in [-0.1, -0.05) is 6.07 Å². The Morgan fingerprint density at radius 2 is 1.75 bits per heavy atom. The third kappa shape index (κ3) is 5.46. The van der Waals surface area contributed by atoms with Gasteiger partial charge in [0.25, 0.3) is 0 Å². The Hall–Kier alpha value is -5.21. The summed E-state index contributed by atoms with van der Waals surface area (Å²) in [5, 5.41) is 29.7. The zero-order valence-corrected chi connectivity index (χ0v) is 33.1. The van der Waals surface area contributed by atoms with Crippen molar-refractivity contribution in [1.29, 1.82) is 5.26 Å². The van der Waals surface area contributed by atoms with Gasteiger partial charge >= 0.3 is 17.9 Å². The zero-order chi connectivity index (χ0) is 40.1. The van der Waals surface area contributed by atoms with E-state index in [-0.39, 0.29) is 42.4 Å². The van der Waals surface area contributed by atoms with Crippen LogP contribution in [-0.2, 0) is 37.5 Å². The minimum absolute atomic E-state index is 0.0144. The van der Waals surface area contributed by atoms with Crippen LogP contribution >= 0.6 is 11.8 Å². The molecule has 7 heterocycles. The van der Waals surface area contributed by atoms with Crippen molar-refractivity contribution in [3.05, 3.63) is 62.7 Å². The van der Waals surface area contributed by atoms with Crippen LogP contribution in [0.2, 0.25) is 0 Å². The smallest absolute Gasteiger partial charge is 0.331 e. The molecule has 2 fully saturated rings. The Bertz CT molecular complexity index is 2310. The Morgan fingerprint density at radius 1 is 0.982 bits per heavy atom. The molecule has 3 aromatic rings. The molecule has 57 heavy (non-hydrogen) atoms. The minimum Gasteiger partial charge on any atom is -0.504 e. The van der Waals surface area contributed by atoms with Gasteiger partial charge in [0.05, 0.1) is 37.6 Å². The summed E-state index contributed by atoms with van der Waals surface area (Å²) >= 11 is 1.45. The summed E-state index contributed by atoms with van der Waals surface area (Å²) in [7, 11) is 2.99. The molecule has 15 nitrogen and oxygen atoms in total. The number of esters is 3. The maximum absolute atomic E-state index is 14.8. The minimum atomic E-state index is -1.40. The summed E-state index contributed by atoms with van der Waals surface area (Å²) in [5.41, 5.74) is 4.20. The number of hydrogen-bond donors (Lipinski definition) is 3. The van der Waals surface area contributed by atoms with Gasteiger partial charge in [0.2, 0.25) is 6.79 Å². The molecule has 4 bridgehead atoms. The van der Waals surface area contributed by atoms with Crippen molar-refractivity contribution in [2.75, 3.05) is 39.9 Å². The van der Waals surface area contributed by atoms with E-state index < -0.39 is 52.9 Å². The van der Waals surface area contributed by atoms with Crippen molar-refractivity contribution in [2.45, 2.75) is 81.5 Å². The first kappa shape index (κ1) is 37.4. The van der Waals surface area contributed by atoms with E-state index in [4.69, 9.17) is 33.2 Å². The SMILES string of the molecule is COc1cc2c(cc1OC(C)=O)CCN[C@]21CS[C@@H]2c3c(OC(C)=O)c(C)c4c(c3[C@H](COC1=O)N1C2[C@@H]2N[C@H](Cc3cc(C)c(OC)c(O)c32)[C@@H]1C#N)OCO4. The number of aromatic hydroxyl groups is 1. The van der Waals surface area contributed by atoms with Crippen LogP contribution in [0.25, 0.3) is 0 Å². The lowest BCUT2D eigenvalue weighted by atomic mass is 9.72. The molecule has 7 aliphatic rings. The number of nitriles is 1. The van der Waals surface area contributed by atoms with Crippen LogP contribution in [0.3, 0.4) is 0 Å². The van der Waals surface area contributed by atoms with Crippen LogP contribution in [-0.4, -0.2) is 86.0 Å². The second kappa shape index (κ2) is 13.7. The van der Waals surface area contributed by atoms with Gasteiger partial charge in [0, 0.05) is 60.5 Å². The molecule has 3 aromatic carbocycles. The third-order valence-corrected chi connectivity index (χ3v) is 13.6. The molecule has 0 amide bonds. The number of hydrogen-bond acceptors (Lipinski definition) is 16. The number of methoxy groups -OCH3 is 2. The van der Waals surface area contributed by atoms with Crippen LogP contribution in [0.1, 0.15) is 75.7 Å². The zero-order valence-electron chi connectivity index (χ0n) is 32.3. The first-order valence-corrected chi connectivity index (χ1v) is 19.9. The fourth-order valence-corrected chi connectivity index (χ4v) is 11.7. The number of thioether (sulfide) groups is 1. The average Bonchev–Trinajstić information content (AvgIpc) is 3.67. The normalized spacial score (nSPS) is 27.8. The second-order valence-corrected chi connectivity index (χ2v) is 16.4. The molecular formula is C41H42N4O11S. The molecule has 1 spiro atoms. The van der Waals surface area contributed by atoms with Gasteiger partial charge in [-0.3, -0.25) is 19.8 Å². The van der Waals surface area contributed by atoms with Gasteiger partial charge in [-0.05, 0) is 61.1 Å². The number of phenols is 1. The predicted octanol–water partition coefficient (Wildman–Crippen LogP) is 3.86. The van der Waals surface area contributed by atoms with E-state index in [1.54, 1.807) is 12.1 Å². The molecule has 16 heteroatoms. The van der Waals surface area contributed by atoms with Gasteiger partial charge in [-0.15, -0.1) is 11.8 Å². The fourth-order valence-electron chi connectivity index (χ4n) is 10.0. The van der Waals surface area contributed by atoms with Crippen molar-refractivity contribution in [2.24, 2.45) is 0 Å². The van der Waals surface area contributed by atoms with Gasteiger partial charge in [0.15, 0.2) is 40.0 Å². The number of benzene rings is 3. The number of nitrogens with one attached hydrogen (secondary N) is 2. The van der Waals surface area contributed by atoms with Gasteiger partial charge in [0.1, 0.15) is 18.4 Å².